The van der Waals surface area contributed by atoms with Crippen molar-refractivity contribution in [2.75, 3.05) is 31.5 Å². The summed E-state index contributed by atoms with van der Waals surface area (Å²) in [6.07, 6.45) is 0. The third kappa shape index (κ3) is 4.84. The van der Waals surface area contributed by atoms with Gasteiger partial charge in [-0.2, -0.15) is 0 Å². The van der Waals surface area contributed by atoms with Gasteiger partial charge in [0.15, 0.2) is 0 Å². The molecule has 1 saturated heterocycles. The molecule has 1 fully saturated rings. The van der Waals surface area contributed by atoms with Gasteiger partial charge in [0.25, 0.3) is 5.91 Å². The zero-order valence-electron chi connectivity index (χ0n) is 17.6. The molecule has 0 saturated carbocycles. The Bertz CT molecular complexity index is 1210. The Balaban J connectivity index is 0.00000245. The largest absolute Gasteiger partial charge is 0.321 e. The fourth-order valence-corrected chi connectivity index (χ4v) is 4.97. The second-order valence-corrected chi connectivity index (χ2v) is 8.71. The maximum Gasteiger partial charge on any atom is 0.255 e. The summed E-state index contributed by atoms with van der Waals surface area (Å²) >= 11 is 1.67. The van der Waals surface area contributed by atoms with Crippen molar-refractivity contribution >= 4 is 45.6 Å². The number of benzene rings is 3. The molecule has 5 rings (SSSR count). The highest BCUT2D eigenvalue weighted by Crippen LogP contribution is 2.36. The van der Waals surface area contributed by atoms with E-state index < -0.39 is 0 Å². The first-order valence-corrected chi connectivity index (χ1v) is 11.4. The van der Waals surface area contributed by atoms with Crippen molar-refractivity contribution in [1.29, 1.82) is 0 Å². The average molecular weight is 465 g/mol. The van der Waals surface area contributed by atoms with Crippen LogP contribution >= 0.6 is 23.7 Å². The number of anilines is 1. The van der Waals surface area contributed by atoms with Crippen LogP contribution in [0.15, 0.2) is 72.8 Å². The summed E-state index contributed by atoms with van der Waals surface area (Å²) in [6.45, 7) is 5.09. The lowest BCUT2D eigenvalue weighted by Crippen LogP contribution is -2.42. The summed E-state index contributed by atoms with van der Waals surface area (Å²) in [5.41, 5.74) is 4.68. The van der Waals surface area contributed by atoms with E-state index in [-0.39, 0.29) is 18.3 Å². The van der Waals surface area contributed by atoms with E-state index in [0.29, 0.717) is 5.56 Å². The van der Waals surface area contributed by atoms with Crippen LogP contribution in [0.4, 0.5) is 5.69 Å². The maximum absolute atomic E-state index is 12.7. The van der Waals surface area contributed by atoms with Gasteiger partial charge in [-0.15, -0.1) is 23.7 Å². The van der Waals surface area contributed by atoms with Crippen LogP contribution in [0.1, 0.15) is 15.9 Å². The monoisotopic (exact) mass is 464 g/mol. The Morgan fingerprint density at radius 1 is 0.969 bits per heavy atom. The SMILES string of the molecule is Cl.O=C(Nc1ccccc1-c1nc2c(CN3CCNCC3)cccc2s1)c1ccccc1. The molecule has 0 bridgehead atoms. The van der Waals surface area contributed by atoms with Crippen molar-refractivity contribution in [3.63, 3.8) is 0 Å². The minimum Gasteiger partial charge on any atom is -0.321 e. The van der Waals surface area contributed by atoms with Crippen LogP contribution < -0.4 is 10.6 Å². The first-order valence-electron chi connectivity index (χ1n) is 10.6. The topological polar surface area (TPSA) is 57.3 Å². The molecule has 0 unspecified atom stereocenters. The van der Waals surface area contributed by atoms with Gasteiger partial charge in [0.1, 0.15) is 5.01 Å². The first kappa shape index (κ1) is 22.4. The Morgan fingerprint density at radius 3 is 2.53 bits per heavy atom. The molecule has 0 radical (unpaired) electrons. The molecule has 0 atom stereocenters. The summed E-state index contributed by atoms with van der Waals surface area (Å²) in [6, 6.07) is 23.6. The van der Waals surface area contributed by atoms with Crippen LogP contribution in [0, 0.1) is 0 Å². The molecule has 0 spiro atoms. The van der Waals surface area contributed by atoms with Crippen molar-refractivity contribution < 1.29 is 4.79 Å². The third-order valence-electron chi connectivity index (χ3n) is 5.55. The summed E-state index contributed by atoms with van der Waals surface area (Å²) in [5, 5.41) is 7.39. The van der Waals surface area contributed by atoms with E-state index in [1.54, 1.807) is 11.3 Å². The first-order chi connectivity index (χ1) is 15.3. The third-order valence-corrected chi connectivity index (χ3v) is 6.60. The lowest BCUT2D eigenvalue weighted by Gasteiger charge is -2.27. The van der Waals surface area contributed by atoms with Gasteiger partial charge < -0.3 is 10.6 Å². The highest BCUT2D eigenvalue weighted by Gasteiger charge is 2.17. The van der Waals surface area contributed by atoms with Crippen LogP contribution in [0.3, 0.4) is 0 Å². The molecular weight excluding hydrogens is 440 g/mol. The van der Waals surface area contributed by atoms with Gasteiger partial charge in [-0.25, -0.2) is 4.98 Å². The standard InChI is InChI=1S/C25H24N4OS.ClH/c30-24(18-7-2-1-3-8-18)27-21-11-5-4-10-20(21)25-28-23-19(9-6-12-22(23)31-25)17-29-15-13-26-14-16-29;/h1-12,26H,13-17H2,(H,27,30);1H. The van der Waals surface area contributed by atoms with E-state index in [4.69, 9.17) is 4.98 Å². The van der Waals surface area contributed by atoms with E-state index in [9.17, 15) is 4.79 Å². The summed E-state index contributed by atoms with van der Waals surface area (Å²) in [5.74, 6) is -0.117. The van der Waals surface area contributed by atoms with Gasteiger partial charge in [-0.1, -0.05) is 42.5 Å². The minimum atomic E-state index is -0.117. The van der Waals surface area contributed by atoms with Crippen LogP contribution in [0.2, 0.25) is 0 Å². The number of amides is 1. The number of halogens is 1. The van der Waals surface area contributed by atoms with Crippen LogP contribution in [-0.4, -0.2) is 42.0 Å². The summed E-state index contributed by atoms with van der Waals surface area (Å²) < 4.78 is 1.17. The number of rotatable bonds is 5. The zero-order valence-corrected chi connectivity index (χ0v) is 19.2. The highest BCUT2D eigenvalue weighted by atomic mass is 35.5. The van der Waals surface area contributed by atoms with Crippen LogP contribution in [0.25, 0.3) is 20.8 Å². The number of hydrogen-bond acceptors (Lipinski definition) is 5. The number of carbonyl (C=O) groups is 1. The molecular formula is C25H25ClN4OS. The van der Waals surface area contributed by atoms with Crippen LogP contribution in [-0.2, 0) is 6.54 Å². The highest BCUT2D eigenvalue weighted by molar-refractivity contribution is 7.21. The molecule has 3 aromatic carbocycles. The fourth-order valence-electron chi connectivity index (χ4n) is 3.92. The Morgan fingerprint density at radius 2 is 1.72 bits per heavy atom. The molecule has 2 heterocycles. The maximum atomic E-state index is 12.7. The number of hydrogen-bond donors (Lipinski definition) is 2. The number of carbonyl (C=O) groups excluding carboxylic acids is 1. The van der Waals surface area contributed by atoms with Gasteiger partial charge in [-0.3, -0.25) is 9.69 Å². The zero-order chi connectivity index (χ0) is 21.0. The van der Waals surface area contributed by atoms with E-state index >= 15 is 0 Å². The van der Waals surface area contributed by atoms with E-state index in [0.717, 1.165) is 54.5 Å². The molecule has 7 heteroatoms. The quantitative estimate of drug-likeness (QED) is 0.434. The van der Waals surface area contributed by atoms with Gasteiger partial charge in [0, 0.05) is 43.9 Å². The molecule has 1 aliphatic rings. The smallest absolute Gasteiger partial charge is 0.255 e. The number of piperazine rings is 1. The van der Waals surface area contributed by atoms with Gasteiger partial charge in [0.05, 0.1) is 15.9 Å². The predicted molar refractivity (Wildman–Crippen MR) is 135 cm³/mol. The van der Waals surface area contributed by atoms with Crippen LogP contribution in [0.5, 0.6) is 0 Å². The minimum absolute atomic E-state index is 0. The van der Waals surface area contributed by atoms with Crippen molar-refractivity contribution in [1.82, 2.24) is 15.2 Å². The Hall–Kier alpha value is -2.77. The van der Waals surface area contributed by atoms with Gasteiger partial charge in [-0.05, 0) is 35.9 Å². The predicted octanol–water partition coefficient (Wildman–Crippen LogP) is 5.04. The average Bonchev–Trinajstić information content (AvgIpc) is 3.26. The summed E-state index contributed by atoms with van der Waals surface area (Å²) in [4.78, 5) is 20.2. The van der Waals surface area contributed by atoms with Crippen molar-refractivity contribution in [3.8, 4) is 10.6 Å². The van der Waals surface area contributed by atoms with Crippen molar-refractivity contribution in [2.45, 2.75) is 6.54 Å². The Kier molecular flexibility index (Phi) is 7.17. The molecule has 2 N–H and O–H groups in total. The van der Waals surface area contributed by atoms with E-state index in [1.165, 1.54) is 10.3 Å². The second-order valence-electron chi connectivity index (χ2n) is 7.67. The van der Waals surface area contributed by atoms with E-state index in [1.807, 2.05) is 54.6 Å². The molecule has 32 heavy (non-hydrogen) atoms. The molecule has 0 aliphatic carbocycles. The molecule has 164 valence electrons. The lowest BCUT2D eigenvalue weighted by molar-refractivity contribution is 0.102. The second kappa shape index (κ2) is 10.2. The number of aromatic nitrogens is 1. The molecule has 1 aliphatic heterocycles. The fraction of sp³-hybridized carbons (Fsp3) is 0.200. The number of nitrogens with zero attached hydrogens (tertiary/aromatic N) is 2. The summed E-state index contributed by atoms with van der Waals surface area (Å²) in [7, 11) is 0. The lowest BCUT2D eigenvalue weighted by atomic mass is 10.1. The number of para-hydroxylation sites is 2. The number of thiazole rings is 1. The van der Waals surface area contributed by atoms with Crippen molar-refractivity contribution in [3.05, 3.63) is 83.9 Å². The van der Waals surface area contributed by atoms with Gasteiger partial charge >= 0.3 is 0 Å². The molecule has 4 aromatic rings. The van der Waals surface area contributed by atoms with Gasteiger partial charge in [0.2, 0.25) is 0 Å². The van der Waals surface area contributed by atoms with Crippen molar-refractivity contribution in [2.24, 2.45) is 0 Å². The Labute approximate surface area is 197 Å². The number of nitrogens with one attached hydrogen (secondary N) is 2. The molecule has 1 aromatic heterocycles. The molecule has 5 nitrogen and oxygen atoms in total. The normalized spacial score (nSPS) is 14.1. The molecule has 1 amide bonds. The van der Waals surface area contributed by atoms with E-state index in [2.05, 4.69) is 33.7 Å². The number of fused-ring (bicyclic) bond motifs is 1.